The first kappa shape index (κ1) is 22.0. The summed E-state index contributed by atoms with van der Waals surface area (Å²) in [4.78, 5) is 0. The van der Waals surface area contributed by atoms with E-state index in [0.29, 0.717) is 0 Å². The lowest BCUT2D eigenvalue weighted by Gasteiger charge is -2.02. The molecule has 0 amide bonds. The first-order valence-electron chi connectivity index (χ1n) is 8.73. The molecule has 0 aliphatic heterocycles. The quantitative estimate of drug-likeness (QED) is 0.391. The molecule has 0 saturated carbocycles. The van der Waals surface area contributed by atoms with Crippen LogP contribution in [0.3, 0.4) is 0 Å². The van der Waals surface area contributed by atoms with Gasteiger partial charge in [0.25, 0.3) is 0 Å². The topological polar surface area (TPSA) is 20.2 Å². The summed E-state index contributed by atoms with van der Waals surface area (Å²) >= 11 is 0. The minimum absolute atomic E-state index is 0.750. The highest BCUT2D eigenvalue weighted by Gasteiger charge is 1.93. The van der Waals surface area contributed by atoms with E-state index in [1.807, 2.05) is 0 Å². The lowest BCUT2D eigenvalue weighted by atomic mass is 10.0. The molecule has 0 spiro atoms. The average molecular weight is 327 g/mol. The smallest absolute Gasteiger partial charge is 0.0719 e. The molecule has 0 heterocycles. The van der Waals surface area contributed by atoms with Crippen molar-refractivity contribution in [1.82, 2.24) is 0 Å². The fourth-order valence-corrected chi connectivity index (χ4v) is 2.25. The molecule has 0 atom stereocenters. The number of allylic oxidation sites excluding steroid dienone is 6. The largest absolute Gasteiger partial charge is 0.516 e. The molecule has 0 radical (unpaired) electrons. The Balaban J connectivity index is 0.00000163. The van der Waals surface area contributed by atoms with Crippen LogP contribution in [-0.2, 0) is 6.42 Å². The summed E-state index contributed by atoms with van der Waals surface area (Å²) in [6.07, 6.45) is 13.6. The molecule has 1 N–H and O–H groups in total. The van der Waals surface area contributed by atoms with Gasteiger partial charge < -0.3 is 5.11 Å². The molecule has 1 heteroatoms. The van der Waals surface area contributed by atoms with Crippen molar-refractivity contribution in [2.75, 3.05) is 0 Å². The number of aliphatic hydroxyl groups excluding tert-OH is 1. The first-order chi connectivity index (χ1) is 11.5. The van der Waals surface area contributed by atoms with Crippen molar-refractivity contribution in [3.63, 3.8) is 0 Å². The molecule has 0 fully saturated rings. The van der Waals surface area contributed by atoms with Crippen LogP contribution in [0.5, 0.6) is 0 Å². The summed E-state index contributed by atoms with van der Waals surface area (Å²) in [5.74, 6) is 0. The molecule has 0 aliphatic carbocycles. The number of hydrogen-bond acceptors (Lipinski definition) is 1. The normalized spacial score (nSPS) is 11.3. The van der Waals surface area contributed by atoms with Crippen molar-refractivity contribution in [2.24, 2.45) is 0 Å². The van der Waals surface area contributed by atoms with E-state index in [-0.39, 0.29) is 0 Å². The third-order valence-corrected chi connectivity index (χ3v) is 3.65. The van der Waals surface area contributed by atoms with E-state index in [1.165, 1.54) is 41.5 Å². The number of hydrogen-bond donors (Lipinski definition) is 1. The molecular weight excluding hydrogens is 292 g/mol. The predicted molar refractivity (Wildman–Crippen MR) is 108 cm³/mol. The highest BCUT2D eigenvalue weighted by molar-refractivity contribution is 5.19. The average Bonchev–Trinajstić information content (AvgIpc) is 2.54. The van der Waals surface area contributed by atoms with Crippen molar-refractivity contribution >= 4 is 0 Å². The Labute approximate surface area is 149 Å². The summed E-state index contributed by atoms with van der Waals surface area (Å²) in [7, 11) is 0. The van der Waals surface area contributed by atoms with Crippen molar-refractivity contribution in [1.29, 1.82) is 0 Å². The van der Waals surface area contributed by atoms with Gasteiger partial charge in [-0.1, -0.05) is 71.9 Å². The molecule has 0 saturated heterocycles. The third-order valence-electron chi connectivity index (χ3n) is 3.65. The Hall–Kier alpha value is -2.02. The van der Waals surface area contributed by atoms with Gasteiger partial charge in [-0.3, -0.25) is 0 Å². The minimum Gasteiger partial charge on any atom is -0.516 e. The first-order valence-corrected chi connectivity index (χ1v) is 8.73. The fraction of sp³-hybridized carbons (Fsp3) is 0.391. The Morgan fingerprint density at radius 1 is 0.875 bits per heavy atom. The summed E-state index contributed by atoms with van der Waals surface area (Å²) in [6.45, 7) is 11.7. The second-order valence-corrected chi connectivity index (χ2v) is 6.33. The van der Waals surface area contributed by atoms with Gasteiger partial charge in [0.1, 0.15) is 0 Å². The van der Waals surface area contributed by atoms with E-state index in [0.717, 1.165) is 19.1 Å². The van der Waals surface area contributed by atoms with Gasteiger partial charge >= 0.3 is 0 Å². The van der Waals surface area contributed by atoms with Gasteiger partial charge in [0.05, 0.1) is 6.26 Å². The molecule has 1 aromatic rings. The van der Waals surface area contributed by atoms with Crippen LogP contribution in [0, 0.1) is 0 Å². The van der Waals surface area contributed by atoms with E-state index in [1.54, 1.807) is 0 Å². The minimum atomic E-state index is 0.750. The van der Waals surface area contributed by atoms with Gasteiger partial charge in [-0.2, -0.15) is 0 Å². The molecule has 132 valence electrons. The van der Waals surface area contributed by atoms with Gasteiger partial charge in [-0.25, -0.2) is 0 Å². The molecule has 1 nitrogen and oxygen atoms in total. The van der Waals surface area contributed by atoms with Crippen LogP contribution >= 0.6 is 0 Å². The van der Waals surface area contributed by atoms with Gasteiger partial charge in [0, 0.05) is 0 Å². The summed E-state index contributed by atoms with van der Waals surface area (Å²) in [5.41, 5.74) is 5.82. The zero-order valence-corrected chi connectivity index (χ0v) is 15.9. The van der Waals surface area contributed by atoms with E-state index >= 15 is 0 Å². The lowest BCUT2D eigenvalue weighted by Crippen LogP contribution is -1.84. The number of rotatable bonds is 8. The molecule has 0 aromatic heterocycles. The molecule has 1 rings (SSSR count). The van der Waals surface area contributed by atoms with Crippen molar-refractivity contribution in [3.8, 4) is 0 Å². The predicted octanol–water partition coefficient (Wildman–Crippen LogP) is 7.34. The van der Waals surface area contributed by atoms with E-state index in [9.17, 15) is 0 Å². The molecule has 0 unspecified atom stereocenters. The molecule has 0 bridgehead atoms. The standard InChI is InChI=1S/C21H30.C2H4O/c1-18(2)10-8-11-19(3)12-9-13-20(4)16-17-21-14-6-5-7-15-21;1-2-3/h5-7,10,12,14-16H,8-9,11,13,17H2,1-4H3;2-3H,1H2/b19-12+,20-16+;. The Morgan fingerprint density at radius 3 is 1.92 bits per heavy atom. The highest BCUT2D eigenvalue weighted by Crippen LogP contribution is 2.12. The molecular formula is C23H34O. The van der Waals surface area contributed by atoms with E-state index in [4.69, 9.17) is 5.11 Å². The van der Waals surface area contributed by atoms with E-state index < -0.39 is 0 Å². The number of benzene rings is 1. The van der Waals surface area contributed by atoms with Crippen LogP contribution in [-0.4, -0.2) is 5.11 Å². The monoisotopic (exact) mass is 326 g/mol. The highest BCUT2D eigenvalue weighted by atomic mass is 16.2. The maximum Gasteiger partial charge on any atom is 0.0719 e. The van der Waals surface area contributed by atoms with Gasteiger partial charge in [0.2, 0.25) is 0 Å². The zero-order valence-electron chi connectivity index (χ0n) is 15.9. The molecule has 1 aromatic carbocycles. The van der Waals surface area contributed by atoms with Crippen LogP contribution < -0.4 is 0 Å². The Morgan fingerprint density at radius 2 is 1.38 bits per heavy atom. The van der Waals surface area contributed by atoms with E-state index in [2.05, 4.69) is 82.8 Å². The van der Waals surface area contributed by atoms with Gasteiger partial charge in [0.15, 0.2) is 0 Å². The van der Waals surface area contributed by atoms with Crippen LogP contribution in [0.2, 0.25) is 0 Å². The second kappa shape index (κ2) is 14.6. The van der Waals surface area contributed by atoms with Crippen molar-refractivity contribution in [2.45, 2.75) is 59.8 Å². The van der Waals surface area contributed by atoms with Crippen LogP contribution in [0.25, 0.3) is 0 Å². The molecule has 24 heavy (non-hydrogen) atoms. The fourth-order valence-electron chi connectivity index (χ4n) is 2.25. The van der Waals surface area contributed by atoms with Crippen LogP contribution in [0.1, 0.15) is 58.9 Å². The van der Waals surface area contributed by atoms with Crippen molar-refractivity contribution in [3.05, 3.63) is 83.7 Å². The maximum atomic E-state index is 7.33. The Bertz CT molecular complexity index is 528. The third kappa shape index (κ3) is 13.6. The SMILES string of the molecule is C=CO.CC(C)=CCC/C(C)=C/CC/C(C)=C/Cc1ccccc1. The summed E-state index contributed by atoms with van der Waals surface area (Å²) in [5, 5.41) is 7.33. The lowest BCUT2D eigenvalue weighted by molar-refractivity contribution is 0.476. The number of aliphatic hydroxyl groups is 1. The van der Waals surface area contributed by atoms with Gasteiger partial charge in [-0.15, -0.1) is 0 Å². The zero-order chi connectivity index (χ0) is 18.2. The summed E-state index contributed by atoms with van der Waals surface area (Å²) < 4.78 is 0. The van der Waals surface area contributed by atoms with Crippen molar-refractivity contribution < 1.29 is 5.11 Å². The summed E-state index contributed by atoms with van der Waals surface area (Å²) in [6, 6.07) is 10.7. The van der Waals surface area contributed by atoms with Crippen LogP contribution in [0.4, 0.5) is 0 Å². The molecule has 0 aliphatic rings. The van der Waals surface area contributed by atoms with Crippen LogP contribution in [0.15, 0.2) is 78.1 Å². The second-order valence-electron chi connectivity index (χ2n) is 6.33. The maximum absolute atomic E-state index is 7.33. The Kier molecular flexibility index (Phi) is 13.3. The van der Waals surface area contributed by atoms with Gasteiger partial charge in [-0.05, 0) is 65.4 Å².